The third-order valence-corrected chi connectivity index (χ3v) is 2.60. The molecule has 0 aliphatic carbocycles. The maximum Gasteiger partial charge on any atom is 0.0702 e. The molecule has 0 aliphatic rings. The van der Waals surface area contributed by atoms with Crippen LogP contribution in [0.3, 0.4) is 0 Å². The van der Waals surface area contributed by atoms with Gasteiger partial charge < -0.3 is 4.74 Å². The summed E-state index contributed by atoms with van der Waals surface area (Å²) in [6, 6.07) is 10.3. The number of hydrogen-bond acceptors (Lipinski definition) is 2. The Labute approximate surface area is 95.6 Å². The number of rotatable bonds is 3. The maximum atomic E-state index is 5.02. The van der Waals surface area contributed by atoms with E-state index in [1.54, 1.807) is 7.11 Å². The second-order valence-electron chi connectivity index (χ2n) is 3.76. The van der Waals surface area contributed by atoms with E-state index in [0.29, 0.717) is 6.61 Å². The van der Waals surface area contributed by atoms with Crippen LogP contribution in [-0.2, 0) is 4.74 Å². The molecular weight excluding hydrogens is 198 g/mol. The fraction of sp³-hybridized carbons (Fsp3) is 0.214. The zero-order valence-corrected chi connectivity index (χ0v) is 9.60. The minimum Gasteiger partial charge on any atom is -0.381 e. The second kappa shape index (κ2) is 4.90. The number of ether oxygens (including phenoxy) is 1. The Morgan fingerprint density at radius 3 is 3.00 bits per heavy atom. The van der Waals surface area contributed by atoms with E-state index in [2.05, 4.69) is 30.1 Å². The van der Waals surface area contributed by atoms with Gasteiger partial charge in [-0.05, 0) is 30.2 Å². The first kappa shape index (κ1) is 10.8. The van der Waals surface area contributed by atoms with Crippen molar-refractivity contribution in [2.45, 2.75) is 6.92 Å². The molecule has 2 aromatic rings. The van der Waals surface area contributed by atoms with Gasteiger partial charge >= 0.3 is 0 Å². The summed E-state index contributed by atoms with van der Waals surface area (Å²) in [5.41, 5.74) is 3.38. The van der Waals surface area contributed by atoms with Gasteiger partial charge in [0.25, 0.3) is 0 Å². The molecule has 0 amide bonds. The lowest BCUT2D eigenvalue weighted by atomic mass is 10.1. The first-order chi connectivity index (χ1) is 7.81. The Hall–Kier alpha value is -1.67. The van der Waals surface area contributed by atoms with Gasteiger partial charge in [-0.15, -0.1) is 0 Å². The Balaban J connectivity index is 2.39. The molecule has 82 valence electrons. The minimum atomic E-state index is 0.638. The summed E-state index contributed by atoms with van der Waals surface area (Å²) < 4.78 is 5.02. The molecule has 2 rings (SSSR count). The summed E-state index contributed by atoms with van der Waals surface area (Å²) in [6.45, 7) is 2.71. The summed E-state index contributed by atoms with van der Waals surface area (Å²) in [7, 11) is 1.70. The quantitative estimate of drug-likeness (QED) is 0.780. The highest BCUT2D eigenvalue weighted by Gasteiger charge is 1.98. The number of hydrogen-bond donors (Lipinski definition) is 0. The van der Waals surface area contributed by atoms with Crippen LogP contribution in [-0.4, -0.2) is 18.7 Å². The molecule has 0 atom stereocenters. The molecule has 0 fully saturated rings. The number of benzene rings is 1. The van der Waals surface area contributed by atoms with E-state index in [9.17, 15) is 0 Å². The third kappa shape index (κ3) is 2.28. The number of para-hydroxylation sites is 1. The molecule has 0 bridgehead atoms. The van der Waals surface area contributed by atoms with Crippen LogP contribution in [0.25, 0.3) is 16.5 Å². The molecule has 0 spiro atoms. The van der Waals surface area contributed by atoms with Gasteiger partial charge in [0.2, 0.25) is 0 Å². The predicted octanol–water partition coefficient (Wildman–Crippen LogP) is 3.28. The van der Waals surface area contributed by atoms with Crippen molar-refractivity contribution >= 4 is 16.5 Å². The summed E-state index contributed by atoms with van der Waals surface area (Å²) in [5, 5.41) is 1.17. The van der Waals surface area contributed by atoms with E-state index in [1.165, 1.54) is 11.0 Å². The minimum absolute atomic E-state index is 0.638. The highest BCUT2D eigenvalue weighted by molar-refractivity contribution is 5.82. The molecular formula is C14H15NO. The Bertz CT molecular complexity index is 517. The molecule has 0 radical (unpaired) electrons. The first-order valence-corrected chi connectivity index (χ1v) is 5.32. The van der Waals surface area contributed by atoms with Crippen molar-refractivity contribution in [1.82, 2.24) is 4.98 Å². The molecule has 1 heterocycles. The van der Waals surface area contributed by atoms with Crippen LogP contribution >= 0.6 is 0 Å². The van der Waals surface area contributed by atoms with Gasteiger partial charge in [-0.3, -0.25) is 4.98 Å². The SMILES string of the molecule is COC/C=C(\C)c1cnc2ccccc2c1. The Morgan fingerprint density at radius 1 is 1.38 bits per heavy atom. The maximum absolute atomic E-state index is 5.02. The molecule has 0 saturated carbocycles. The van der Waals surface area contributed by atoms with Gasteiger partial charge in [0, 0.05) is 18.7 Å². The standard InChI is InChI=1S/C14H15NO/c1-11(7-8-16-2)13-9-12-5-3-4-6-14(12)15-10-13/h3-7,9-10H,8H2,1-2H3/b11-7+. The normalized spacial score (nSPS) is 12.0. The molecule has 1 aromatic carbocycles. The van der Waals surface area contributed by atoms with Crippen molar-refractivity contribution in [2.75, 3.05) is 13.7 Å². The van der Waals surface area contributed by atoms with E-state index in [1.807, 2.05) is 24.4 Å². The van der Waals surface area contributed by atoms with Crippen LogP contribution in [0.5, 0.6) is 0 Å². The molecule has 2 nitrogen and oxygen atoms in total. The van der Waals surface area contributed by atoms with Gasteiger partial charge in [-0.1, -0.05) is 24.3 Å². The van der Waals surface area contributed by atoms with Crippen molar-refractivity contribution < 1.29 is 4.74 Å². The molecule has 0 saturated heterocycles. The number of pyridine rings is 1. The predicted molar refractivity (Wildman–Crippen MR) is 67.3 cm³/mol. The van der Waals surface area contributed by atoms with Crippen LogP contribution in [0.1, 0.15) is 12.5 Å². The van der Waals surface area contributed by atoms with Gasteiger partial charge in [-0.2, -0.15) is 0 Å². The summed E-state index contributed by atoms with van der Waals surface area (Å²) >= 11 is 0. The largest absolute Gasteiger partial charge is 0.381 e. The number of nitrogens with zero attached hydrogens (tertiary/aromatic N) is 1. The lowest BCUT2D eigenvalue weighted by Crippen LogP contribution is -1.87. The van der Waals surface area contributed by atoms with Crippen molar-refractivity contribution in [2.24, 2.45) is 0 Å². The first-order valence-electron chi connectivity index (χ1n) is 5.32. The van der Waals surface area contributed by atoms with Crippen molar-refractivity contribution in [3.63, 3.8) is 0 Å². The Morgan fingerprint density at radius 2 is 2.19 bits per heavy atom. The van der Waals surface area contributed by atoms with Crippen LogP contribution in [0.2, 0.25) is 0 Å². The number of allylic oxidation sites excluding steroid dienone is 1. The molecule has 16 heavy (non-hydrogen) atoms. The summed E-state index contributed by atoms with van der Waals surface area (Å²) in [6.07, 6.45) is 3.97. The Kier molecular flexibility index (Phi) is 3.32. The van der Waals surface area contributed by atoms with E-state index in [-0.39, 0.29) is 0 Å². The highest BCUT2D eigenvalue weighted by Crippen LogP contribution is 2.18. The third-order valence-electron chi connectivity index (χ3n) is 2.60. The van der Waals surface area contributed by atoms with Crippen molar-refractivity contribution in [1.29, 1.82) is 0 Å². The van der Waals surface area contributed by atoms with E-state index >= 15 is 0 Å². The van der Waals surface area contributed by atoms with E-state index < -0.39 is 0 Å². The molecule has 0 aliphatic heterocycles. The molecule has 1 aromatic heterocycles. The van der Waals surface area contributed by atoms with Gasteiger partial charge in [0.05, 0.1) is 12.1 Å². The van der Waals surface area contributed by atoms with Crippen molar-refractivity contribution in [3.8, 4) is 0 Å². The highest BCUT2D eigenvalue weighted by atomic mass is 16.5. The molecule has 2 heteroatoms. The number of methoxy groups -OCH3 is 1. The fourth-order valence-corrected chi connectivity index (χ4v) is 1.61. The monoisotopic (exact) mass is 213 g/mol. The molecule has 0 N–H and O–H groups in total. The zero-order valence-electron chi connectivity index (χ0n) is 9.60. The lowest BCUT2D eigenvalue weighted by molar-refractivity contribution is 0.234. The fourth-order valence-electron chi connectivity index (χ4n) is 1.61. The van der Waals surface area contributed by atoms with Gasteiger partial charge in [0.15, 0.2) is 0 Å². The van der Waals surface area contributed by atoms with Crippen LogP contribution in [0, 0.1) is 0 Å². The summed E-state index contributed by atoms with van der Waals surface area (Å²) in [4.78, 5) is 4.43. The number of aromatic nitrogens is 1. The molecule has 0 unspecified atom stereocenters. The van der Waals surface area contributed by atoms with Gasteiger partial charge in [0.1, 0.15) is 0 Å². The topological polar surface area (TPSA) is 22.1 Å². The van der Waals surface area contributed by atoms with Gasteiger partial charge in [-0.25, -0.2) is 0 Å². The van der Waals surface area contributed by atoms with Crippen LogP contribution < -0.4 is 0 Å². The van der Waals surface area contributed by atoms with E-state index in [4.69, 9.17) is 4.74 Å². The van der Waals surface area contributed by atoms with Crippen molar-refractivity contribution in [3.05, 3.63) is 48.2 Å². The smallest absolute Gasteiger partial charge is 0.0702 e. The van der Waals surface area contributed by atoms with Crippen LogP contribution in [0.4, 0.5) is 0 Å². The summed E-state index contributed by atoms with van der Waals surface area (Å²) in [5.74, 6) is 0. The van der Waals surface area contributed by atoms with Crippen LogP contribution in [0.15, 0.2) is 42.6 Å². The van der Waals surface area contributed by atoms with E-state index in [0.717, 1.165) is 11.1 Å². The second-order valence-corrected chi connectivity index (χ2v) is 3.76. The average molecular weight is 213 g/mol. The zero-order chi connectivity index (χ0) is 11.4. The lowest BCUT2D eigenvalue weighted by Gasteiger charge is -2.03. The average Bonchev–Trinajstić information content (AvgIpc) is 2.35. The number of fused-ring (bicyclic) bond motifs is 1.